The maximum Gasteiger partial charge on any atom is 0.303 e. The molecule has 164 valence electrons. The number of amides is 2. The van der Waals surface area contributed by atoms with Gasteiger partial charge >= 0.3 is 5.97 Å². The SMILES string of the molecule is CCCCCCCCCC(=O)NNC(=O)CCCCCCCCCCC(=O)O. The van der Waals surface area contributed by atoms with E-state index in [9.17, 15) is 14.4 Å². The van der Waals surface area contributed by atoms with Gasteiger partial charge in [-0.05, 0) is 19.3 Å². The van der Waals surface area contributed by atoms with E-state index in [-0.39, 0.29) is 18.2 Å². The smallest absolute Gasteiger partial charge is 0.303 e. The fourth-order valence-corrected chi connectivity index (χ4v) is 3.13. The first-order valence-electron chi connectivity index (χ1n) is 11.4. The van der Waals surface area contributed by atoms with Crippen molar-refractivity contribution in [2.45, 2.75) is 122 Å². The standard InChI is InChI=1S/C22H42N2O4/c1-2-3-4-5-8-11-14-17-20(25)23-24-21(26)18-15-12-9-6-7-10-13-16-19-22(27)28/h2-19H2,1H3,(H,23,25)(H,24,26)(H,27,28). The maximum atomic E-state index is 11.7. The summed E-state index contributed by atoms with van der Waals surface area (Å²) in [4.78, 5) is 33.8. The van der Waals surface area contributed by atoms with Crippen molar-refractivity contribution in [3.8, 4) is 0 Å². The number of aliphatic carboxylic acids is 1. The lowest BCUT2D eigenvalue weighted by molar-refractivity contribution is -0.137. The van der Waals surface area contributed by atoms with E-state index in [1.165, 1.54) is 32.1 Å². The molecule has 0 heterocycles. The molecule has 3 N–H and O–H groups in total. The van der Waals surface area contributed by atoms with Crippen LogP contribution in [0.4, 0.5) is 0 Å². The highest BCUT2D eigenvalue weighted by atomic mass is 16.4. The van der Waals surface area contributed by atoms with Crippen LogP contribution in [0.3, 0.4) is 0 Å². The Labute approximate surface area is 171 Å². The molecule has 0 aromatic carbocycles. The first-order chi connectivity index (χ1) is 13.6. The van der Waals surface area contributed by atoms with Crippen LogP contribution in [0.25, 0.3) is 0 Å². The van der Waals surface area contributed by atoms with Crippen molar-refractivity contribution < 1.29 is 19.5 Å². The molecule has 6 nitrogen and oxygen atoms in total. The lowest BCUT2D eigenvalue weighted by Crippen LogP contribution is -2.41. The average molecular weight is 399 g/mol. The van der Waals surface area contributed by atoms with Gasteiger partial charge in [0.05, 0.1) is 0 Å². The molecule has 0 aliphatic heterocycles. The van der Waals surface area contributed by atoms with Crippen LogP contribution in [0.1, 0.15) is 122 Å². The van der Waals surface area contributed by atoms with Crippen LogP contribution in [-0.2, 0) is 14.4 Å². The fraction of sp³-hybridized carbons (Fsp3) is 0.864. The summed E-state index contributed by atoms with van der Waals surface area (Å²) in [6, 6.07) is 0. The highest BCUT2D eigenvalue weighted by Gasteiger charge is 2.04. The number of nitrogens with one attached hydrogen (secondary N) is 2. The Hall–Kier alpha value is -1.59. The quantitative estimate of drug-likeness (QED) is 0.204. The number of hydrazine groups is 1. The van der Waals surface area contributed by atoms with Crippen molar-refractivity contribution in [1.82, 2.24) is 10.9 Å². The molecule has 0 rings (SSSR count). The number of hydrogen-bond acceptors (Lipinski definition) is 3. The lowest BCUT2D eigenvalue weighted by Gasteiger charge is -2.07. The van der Waals surface area contributed by atoms with E-state index in [0.29, 0.717) is 12.8 Å². The van der Waals surface area contributed by atoms with E-state index in [2.05, 4.69) is 17.8 Å². The number of hydrogen-bond donors (Lipinski definition) is 3. The topological polar surface area (TPSA) is 95.5 Å². The molecule has 0 aromatic heterocycles. The third-order valence-electron chi connectivity index (χ3n) is 4.89. The summed E-state index contributed by atoms with van der Waals surface area (Å²) in [6.45, 7) is 2.20. The number of carbonyl (C=O) groups is 3. The Morgan fingerprint density at radius 1 is 0.536 bits per heavy atom. The van der Waals surface area contributed by atoms with Crippen molar-refractivity contribution in [2.75, 3.05) is 0 Å². The predicted octanol–water partition coefficient (Wildman–Crippen LogP) is 5.26. The largest absolute Gasteiger partial charge is 0.481 e. The van der Waals surface area contributed by atoms with Gasteiger partial charge in [0.1, 0.15) is 0 Å². The molecule has 0 aromatic rings. The number of carboxylic acids is 1. The molecule has 0 saturated carbocycles. The van der Waals surface area contributed by atoms with E-state index >= 15 is 0 Å². The maximum absolute atomic E-state index is 11.7. The van der Waals surface area contributed by atoms with Crippen LogP contribution in [0.2, 0.25) is 0 Å². The molecule has 6 heteroatoms. The minimum atomic E-state index is -0.715. The molecule has 2 amide bonds. The Morgan fingerprint density at radius 3 is 1.21 bits per heavy atom. The zero-order valence-corrected chi connectivity index (χ0v) is 17.9. The van der Waals surface area contributed by atoms with E-state index in [1.54, 1.807) is 0 Å². The molecule has 28 heavy (non-hydrogen) atoms. The Bertz CT molecular complexity index is 413. The molecule has 0 aliphatic rings. The van der Waals surface area contributed by atoms with Gasteiger partial charge in [0.2, 0.25) is 11.8 Å². The molecule has 0 radical (unpaired) electrons. The molecular weight excluding hydrogens is 356 g/mol. The average Bonchev–Trinajstić information content (AvgIpc) is 2.66. The van der Waals surface area contributed by atoms with E-state index < -0.39 is 5.97 Å². The third-order valence-corrected chi connectivity index (χ3v) is 4.89. The monoisotopic (exact) mass is 398 g/mol. The highest BCUT2D eigenvalue weighted by Crippen LogP contribution is 2.11. The molecule has 0 atom stereocenters. The van der Waals surface area contributed by atoms with Crippen molar-refractivity contribution >= 4 is 17.8 Å². The minimum absolute atomic E-state index is 0.107. The first kappa shape index (κ1) is 26.4. The van der Waals surface area contributed by atoms with Crippen LogP contribution in [-0.4, -0.2) is 22.9 Å². The van der Waals surface area contributed by atoms with Crippen LogP contribution >= 0.6 is 0 Å². The van der Waals surface area contributed by atoms with Crippen molar-refractivity contribution in [3.05, 3.63) is 0 Å². The van der Waals surface area contributed by atoms with Crippen LogP contribution in [0.15, 0.2) is 0 Å². The van der Waals surface area contributed by atoms with Gasteiger partial charge in [0.25, 0.3) is 0 Å². The predicted molar refractivity (Wildman–Crippen MR) is 113 cm³/mol. The van der Waals surface area contributed by atoms with Gasteiger partial charge < -0.3 is 5.11 Å². The van der Waals surface area contributed by atoms with Gasteiger partial charge in [-0.2, -0.15) is 0 Å². The summed E-state index contributed by atoms with van der Waals surface area (Å²) < 4.78 is 0. The van der Waals surface area contributed by atoms with Gasteiger partial charge in [-0.3, -0.25) is 25.2 Å². The van der Waals surface area contributed by atoms with Crippen LogP contribution < -0.4 is 10.9 Å². The van der Waals surface area contributed by atoms with Gasteiger partial charge in [-0.15, -0.1) is 0 Å². The summed E-state index contributed by atoms with van der Waals surface area (Å²) in [5.41, 5.74) is 5.00. The van der Waals surface area contributed by atoms with Crippen molar-refractivity contribution in [1.29, 1.82) is 0 Å². The molecule has 0 saturated heterocycles. The highest BCUT2D eigenvalue weighted by molar-refractivity contribution is 5.81. The second-order valence-corrected chi connectivity index (χ2v) is 7.69. The van der Waals surface area contributed by atoms with E-state index in [0.717, 1.165) is 64.2 Å². The second kappa shape index (κ2) is 20.2. The summed E-state index contributed by atoms with van der Waals surface area (Å²) in [6.07, 6.45) is 17.4. The molecule has 0 aliphatic carbocycles. The third kappa shape index (κ3) is 20.7. The number of unbranched alkanes of at least 4 members (excludes halogenated alkanes) is 13. The number of carboxylic acid groups (broad SMARTS) is 1. The second-order valence-electron chi connectivity index (χ2n) is 7.69. The zero-order chi connectivity index (χ0) is 20.9. The van der Waals surface area contributed by atoms with Crippen LogP contribution in [0, 0.1) is 0 Å². The Morgan fingerprint density at radius 2 is 0.857 bits per heavy atom. The summed E-state index contributed by atoms with van der Waals surface area (Å²) in [5.74, 6) is -0.946. The van der Waals surface area contributed by atoms with Crippen molar-refractivity contribution in [3.63, 3.8) is 0 Å². The normalized spacial score (nSPS) is 10.6. The van der Waals surface area contributed by atoms with Crippen LogP contribution in [0.5, 0.6) is 0 Å². The van der Waals surface area contributed by atoms with Gasteiger partial charge in [-0.25, -0.2) is 0 Å². The van der Waals surface area contributed by atoms with Gasteiger partial charge in [-0.1, -0.05) is 84.0 Å². The molecule has 0 spiro atoms. The van der Waals surface area contributed by atoms with Gasteiger partial charge in [0, 0.05) is 19.3 Å². The first-order valence-corrected chi connectivity index (χ1v) is 11.4. The lowest BCUT2D eigenvalue weighted by atomic mass is 10.1. The Kier molecular flexibility index (Phi) is 19.0. The summed E-state index contributed by atoms with van der Waals surface area (Å²) in [5, 5.41) is 8.55. The minimum Gasteiger partial charge on any atom is -0.481 e. The molecule has 0 fully saturated rings. The van der Waals surface area contributed by atoms with Crippen molar-refractivity contribution in [2.24, 2.45) is 0 Å². The molecule has 0 bridgehead atoms. The number of rotatable bonds is 19. The fourth-order valence-electron chi connectivity index (χ4n) is 3.13. The van der Waals surface area contributed by atoms with E-state index in [1.807, 2.05) is 0 Å². The summed E-state index contributed by atoms with van der Waals surface area (Å²) >= 11 is 0. The summed E-state index contributed by atoms with van der Waals surface area (Å²) in [7, 11) is 0. The van der Waals surface area contributed by atoms with Gasteiger partial charge in [0.15, 0.2) is 0 Å². The van der Waals surface area contributed by atoms with E-state index in [4.69, 9.17) is 5.11 Å². The Balaban J connectivity index is 3.34. The zero-order valence-electron chi connectivity index (χ0n) is 17.9. The molecule has 0 unspecified atom stereocenters. The number of carbonyl (C=O) groups excluding carboxylic acids is 2. The molecular formula is C22H42N2O4.